The van der Waals surface area contributed by atoms with Crippen molar-refractivity contribution in [2.75, 3.05) is 18.5 Å². The van der Waals surface area contributed by atoms with Crippen molar-refractivity contribution < 1.29 is 18.7 Å². The lowest BCUT2D eigenvalue weighted by Crippen LogP contribution is -2.07. The van der Waals surface area contributed by atoms with E-state index in [1.54, 1.807) is 24.3 Å². The number of anilines is 1. The third-order valence-corrected chi connectivity index (χ3v) is 3.09. The molecule has 2 aromatic rings. The van der Waals surface area contributed by atoms with E-state index in [9.17, 15) is 9.18 Å². The van der Waals surface area contributed by atoms with Gasteiger partial charge in [-0.1, -0.05) is 12.1 Å². The molecule has 0 aliphatic heterocycles. The van der Waals surface area contributed by atoms with Gasteiger partial charge in [-0.3, -0.25) is 4.79 Å². The Labute approximate surface area is 140 Å². The van der Waals surface area contributed by atoms with Crippen LogP contribution in [0.25, 0.3) is 6.08 Å². The Bertz CT molecular complexity index is 728. The van der Waals surface area contributed by atoms with Gasteiger partial charge >= 0.3 is 0 Å². The number of rotatable bonds is 7. The number of benzene rings is 2. The first kappa shape index (κ1) is 17.5. The van der Waals surface area contributed by atoms with Crippen molar-refractivity contribution in [3.05, 3.63) is 59.9 Å². The summed E-state index contributed by atoms with van der Waals surface area (Å²) < 4.78 is 24.1. The van der Waals surface area contributed by atoms with Crippen molar-refractivity contribution in [1.29, 1.82) is 0 Å². The van der Waals surface area contributed by atoms with Crippen LogP contribution in [0, 0.1) is 5.82 Å². The fraction of sp³-hybridized carbons (Fsp3) is 0.211. The molecule has 24 heavy (non-hydrogen) atoms. The third-order valence-electron chi connectivity index (χ3n) is 3.09. The molecule has 2 aromatic carbocycles. The largest absolute Gasteiger partial charge is 0.490 e. The van der Waals surface area contributed by atoms with Crippen LogP contribution in [0.3, 0.4) is 0 Å². The first-order valence-electron chi connectivity index (χ1n) is 7.76. The molecule has 0 atom stereocenters. The number of hydrogen-bond acceptors (Lipinski definition) is 3. The summed E-state index contributed by atoms with van der Waals surface area (Å²) in [5.74, 6) is 0.560. The summed E-state index contributed by atoms with van der Waals surface area (Å²) in [6, 6.07) is 11.2. The van der Waals surface area contributed by atoms with E-state index in [2.05, 4.69) is 5.32 Å². The molecule has 1 amide bonds. The molecule has 0 spiro atoms. The average molecular weight is 329 g/mol. The van der Waals surface area contributed by atoms with Gasteiger partial charge in [-0.05, 0) is 55.8 Å². The predicted octanol–water partition coefficient (Wildman–Crippen LogP) is 4.28. The lowest BCUT2D eigenvalue weighted by atomic mass is 10.2. The van der Waals surface area contributed by atoms with Crippen LogP contribution in [0.4, 0.5) is 10.1 Å². The molecule has 5 heteroatoms. The molecular weight excluding hydrogens is 309 g/mol. The van der Waals surface area contributed by atoms with E-state index in [0.29, 0.717) is 30.4 Å². The molecule has 0 saturated heterocycles. The molecule has 0 bridgehead atoms. The minimum Gasteiger partial charge on any atom is -0.490 e. The van der Waals surface area contributed by atoms with Gasteiger partial charge in [0.1, 0.15) is 5.82 Å². The maximum absolute atomic E-state index is 13.1. The Morgan fingerprint density at radius 1 is 1.08 bits per heavy atom. The Kier molecular flexibility index (Phi) is 6.37. The van der Waals surface area contributed by atoms with Crippen molar-refractivity contribution >= 4 is 17.7 Å². The SMILES string of the molecule is CCOc1ccc(C=CC(=O)Nc2cccc(F)c2)cc1OCC. The molecule has 126 valence electrons. The van der Waals surface area contributed by atoms with Crippen LogP contribution in [0.1, 0.15) is 19.4 Å². The Balaban J connectivity index is 2.07. The van der Waals surface area contributed by atoms with Gasteiger partial charge in [0.05, 0.1) is 13.2 Å². The zero-order valence-corrected chi connectivity index (χ0v) is 13.7. The fourth-order valence-electron chi connectivity index (χ4n) is 2.09. The van der Waals surface area contributed by atoms with Gasteiger partial charge in [0.2, 0.25) is 5.91 Å². The highest BCUT2D eigenvalue weighted by molar-refractivity contribution is 6.01. The second-order valence-electron chi connectivity index (χ2n) is 4.91. The Morgan fingerprint density at radius 2 is 1.83 bits per heavy atom. The lowest BCUT2D eigenvalue weighted by molar-refractivity contribution is -0.111. The third kappa shape index (κ3) is 5.12. The smallest absolute Gasteiger partial charge is 0.248 e. The zero-order valence-electron chi connectivity index (χ0n) is 13.7. The number of carbonyl (C=O) groups excluding carboxylic acids is 1. The first-order chi connectivity index (χ1) is 11.6. The van der Waals surface area contributed by atoms with Crippen molar-refractivity contribution in [1.82, 2.24) is 0 Å². The monoisotopic (exact) mass is 329 g/mol. The van der Waals surface area contributed by atoms with Crippen molar-refractivity contribution in [3.8, 4) is 11.5 Å². The molecule has 0 radical (unpaired) electrons. The molecule has 1 N–H and O–H groups in total. The predicted molar refractivity (Wildman–Crippen MR) is 92.8 cm³/mol. The van der Waals surface area contributed by atoms with Crippen LogP contribution in [-0.4, -0.2) is 19.1 Å². The normalized spacial score (nSPS) is 10.6. The summed E-state index contributed by atoms with van der Waals surface area (Å²) in [6.07, 6.45) is 3.04. The summed E-state index contributed by atoms with van der Waals surface area (Å²) in [6.45, 7) is 4.86. The zero-order chi connectivity index (χ0) is 17.4. The number of ether oxygens (including phenoxy) is 2. The average Bonchev–Trinajstić information content (AvgIpc) is 2.55. The Hall–Kier alpha value is -2.82. The molecule has 0 fully saturated rings. The standard InChI is InChI=1S/C19H20FNO3/c1-3-23-17-10-8-14(12-18(17)24-4-2)9-11-19(22)21-16-7-5-6-15(20)13-16/h5-13H,3-4H2,1-2H3,(H,21,22). The van der Waals surface area contributed by atoms with E-state index >= 15 is 0 Å². The van der Waals surface area contributed by atoms with Crippen LogP contribution >= 0.6 is 0 Å². The van der Waals surface area contributed by atoms with E-state index < -0.39 is 5.82 Å². The van der Waals surface area contributed by atoms with Crippen LogP contribution in [0.2, 0.25) is 0 Å². The molecule has 0 aliphatic rings. The van der Waals surface area contributed by atoms with Gasteiger partial charge < -0.3 is 14.8 Å². The van der Waals surface area contributed by atoms with Gasteiger partial charge in [-0.25, -0.2) is 4.39 Å². The van der Waals surface area contributed by atoms with Crippen LogP contribution in [0.5, 0.6) is 11.5 Å². The summed E-state index contributed by atoms with van der Waals surface area (Å²) in [7, 11) is 0. The molecule has 4 nitrogen and oxygen atoms in total. The minimum absolute atomic E-state index is 0.340. The molecule has 0 aliphatic carbocycles. The summed E-state index contributed by atoms with van der Waals surface area (Å²) in [5.41, 5.74) is 1.21. The number of amides is 1. The maximum atomic E-state index is 13.1. The quantitative estimate of drug-likeness (QED) is 0.772. The number of hydrogen-bond donors (Lipinski definition) is 1. The van der Waals surface area contributed by atoms with Crippen LogP contribution < -0.4 is 14.8 Å². The topological polar surface area (TPSA) is 47.6 Å². The van der Waals surface area contributed by atoms with Gasteiger partial charge in [-0.15, -0.1) is 0 Å². The highest BCUT2D eigenvalue weighted by atomic mass is 19.1. The summed E-state index contributed by atoms with van der Waals surface area (Å²) in [4.78, 5) is 11.9. The molecule has 0 heterocycles. The first-order valence-corrected chi connectivity index (χ1v) is 7.76. The molecule has 0 saturated carbocycles. The van der Waals surface area contributed by atoms with E-state index in [-0.39, 0.29) is 5.91 Å². The number of carbonyl (C=O) groups is 1. The van der Waals surface area contributed by atoms with Gasteiger partial charge in [0.25, 0.3) is 0 Å². The van der Waals surface area contributed by atoms with Gasteiger partial charge in [-0.2, -0.15) is 0 Å². The molecule has 0 aromatic heterocycles. The number of nitrogens with one attached hydrogen (secondary N) is 1. The highest BCUT2D eigenvalue weighted by Gasteiger charge is 2.05. The highest BCUT2D eigenvalue weighted by Crippen LogP contribution is 2.29. The lowest BCUT2D eigenvalue weighted by Gasteiger charge is -2.11. The van der Waals surface area contributed by atoms with Crippen molar-refractivity contribution in [2.45, 2.75) is 13.8 Å². The maximum Gasteiger partial charge on any atom is 0.248 e. The molecule has 0 unspecified atom stereocenters. The van der Waals surface area contributed by atoms with Crippen molar-refractivity contribution in [3.63, 3.8) is 0 Å². The van der Waals surface area contributed by atoms with Gasteiger partial charge in [0.15, 0.2) is 11.5 Å². The second-order valence-corrected chi connectivity index (χ2v) is 4.91. The van der Waals surface area contributed by atoms with Gasteiger partial charge in [0, 0.05) is 11.8 Å². The van der Waals surface area contributed by atoms with E-state index in [1.807, 2.05) is 19.9 Å². The van der Waals surface area contributed by atoms with E-state index in [1.165, 1.54) is 24.3 Å². The molecule has 2 rings (SSSR count). The van der Waals surface area contributed by atoms with Crippen LogP contribution in [-0.2, 0) is 4.79 Å². The fourth-order valence-corrected chi connectivity index (χ4v) is 2.09. The van der Waals surface area contributed by atoms with E-state index in [0.717, 1.165) is 5.56 Å². The molecular formula is C19H20FNO3. The Morgan fingerprint density at radius 3 is 2.54 bits per heavy atom. The summed E-state index contributed by atoms with van der Waals surface area (Å²) >= 11 is 0. The number of halogens is 1. The van der Waals surface area contributed by atoms with Crippen molar-refractivity contribution in [2.24, 2.45) is 0 Å². The summed E-state index contributed by atoms with van der Waals surface area (Å²) in [5, 5.41) is 2.60. The second kappa shape index (κ2) is 8.72. The van der Waals surface area contributed by atoms with E-state index in [4.69, 9.17) is 9.47 Å². The minimum atomic E-state index is -0.398. The van der Waals surface area contributed by atoms with Crippen LogP contribution in [0.15, 0.2) is 48.5 Å².